The number of hydrogen-bond acceptors (Lipinski definition) is 2. The Morgan fingerprint density at radius 1 is 1.00 bits per heavy atom. The van der Waals surface area contributed by atoms with Gasteiger partial charge in [0.1, 0.15) is 12.4 Å². The van der Waals surface area contributed by atoms with E-state index in [0.29, 0.717) is 23.1 Å². The lowest BCUT2D eigenvalue weighted by atomic mass is 10.0. The fourth-order valence-corrected chi connectivity index (χ4v) is 3.66. The summed E-state index contributed by atoms with van der Waals surface area (Å²) in [4.78, 5) is 12.0. The molecule has 29 heavy (non-hydrogen) atoms. The summed E-state index contributed by atoms with van der Waals surface area (Å²) in [6.07, 6.45) is 3.82. The monoisotopic (exact) mass is 403 g/mol. The number of halogens is 1. The lowest BCUT2D eigenvalue weighted by molar-refractivity contribution is 0.111. The van der Waals surface area contributed by atoms with Crippen molar-refractivity contribution in [3.63, 3.8) is 0 Å². The number of rotatable bonds is 6. The highest BCUT2D eigenvalue weighted by atomic mass is 35.5. The average Bonchev–Trinajstić information content (AvgIpc) is 3.12. The molecule has 0 aliphatic carbocycles. The van der Waals surface area contributed by atoms with Gasteiger partial charge in [-0.1, -0.05) is 54.9 Å². The van der Waals surface area contributed by atoms with Crippen LogP contribution < -0.4 is 4.74 Å². The molecule has 3 nitrogen and oxygen atoms in total. The summed E-state index contributed by atoms with van der Waals surface area (Å²) in [5.74, 6) is 0.713. The van der Waals surface area contributed by atoms with Crippen molar-refractivity contribution in [3.05, 3.63) is 94.3 Å². The molecule has 0 aliphatic rings. The van der Waals surface area contributed by atoms with Gasteiger partial charge in [0.2, 0.25) is 0 Å². The largest absolute Gasteiger partial charge is 0.488 e. The summed E-state index contributed by atoms with van der Waals surface area (Å²) < 4.78 is 8.11. The van der Waals surface area contributed by atoms with E-state index in [0.717, 1.165) is 40.5 Å². The Morgan fingerprint density at radius 3 is 2.52 bits per heavy atom. The van der Waals surface area contributed by atoms with Crippen LogP contribution in [0.25, 0.3) is 16.6 Å². The first-order valence-electron chi connectivity index (χ1n) is 9.67. The number of carbonyl (C=O) groups is 1. The van der Waals surface area contributed by atoms with E-state index in [1.165, 1.54) is 5.56 Å². The number of hydrogen-bond donors (Lipinski definition) is 0. The summed E-state index contributed by atoms with van der Waals surface area (Å²) in [5, 5.41) is 0.647. The zero-order valence-corrected chi connectivity index (χ0v) is 17.2. The van der Waals surface area contributed by atoms with Crippen LogP contribution in [-0.2, 0) is 13.0 Å². The summed E-state index contributed by atoms with van der Waals surface area (Å²) in [7, 11) is 0. The quantitative estimate of drug-likeness (QED) is 0.343. The molecular weight excluding hydrogens is 382 g/mol. The summed E-state index contributed by atoms with van der Waals surface area (Å²) in [5.41, 5.74) is 6.38. The molecule has 0 bridgehead atoms. The molecule has 146 valence electrons. The summed E-state index contributed by atoms with van der Waals surface area (Å²) in [6, 6.07) is 20.0. The van der Waals surface area contributed by atoms with Crippen LogP contribution >= 0.6 is 11.6 Å². The van der Waals surface area contributed by atoms with Gasteiger partial charge in [-0.15, -0.1) is 0 Å². The standard InChI is InChI=1S/C25H22ClNO2/c1-3-18-9-10-20-12-21(24(15-28)27(20)14-18)22-13-23(26)17(2)11-25(22)29-16-19-7-5-4-6-8-19/h4-15H,3,16H2,1-2H3. The average molecular weight is 404 g/mol. The van der Waals surface area contributed by atoms with E-state index in [1.54, 1.807) is 0 Å². The third-order valence-corrected chi connectivity index (χ3v) is 5.58. The minimum absolute atomic E-state index is 0.443. The van der Waals surface area contributed by atoms with Crippen LogP contribution in [0.15, 0.2) is 66.9 Å². The Bertz CT molecular complexity index is 1180. The van der Waals surface area contributed by atoms with Crippen LogP contribution in [-0.4, -0.2) is 10.7 Å². The van der Waals surface area contributed by atoms with Gasteiger partial charge in [0, 0.05) is 27.9 Å². The minimum Gasteiger partial charge on any atom is -0.488 e. The molecule has 0 atom stereocenters. The highest BCUT2D eigenvalue weighted by molar-refractivity contribution is 6.31. The molecule has 0 N–H and O–H groups in total. The van der Waals surface area contributed by atoms with E-state index in [4.69, 9.17) is 16.3 Å². The van der Waals surface area contributed by atoms with E-state index in [9.17, 15) is 4.79 Å². The maximum atomic E-state index is 12.0. The lowest BCUT2D eigenvalue weighted by Gasteiger charge is -2.14. The lowest BCUT2D eigenvalue weighted by Crippen LogP contribution is -1.99. The Kier molecular flexibility index (Phi) is 5.41. The fourth-order valence-electron chi connectivity index (χ4n) is 3.50. The number of fused-ring (bicyclic) bond motifs is 1. The molecule has 0 saturated carbocycles. The van der Waals surface area contributed by atoms with Gasteiger partial charge in [-0.25, -0.2) is 0 Å². The summed E-state index contributed by atoms with van der Waals surface area (Å²) >= 11 is 6.44. The molecule has 0 radical (unpaired) electrons. The van der Waals surface area contributed by atoms with Crippen LogP contribution in [0.1, 0.15) is 34.1 Å². The first-order chi connectivity index (χ1) is 14.1. The molecule has 0 aliphatic heterocycles. The van der Waals surface area contributed by atoms with Gasteiger partial charge in [-0.3, -0.25) is 4.79 Å². The van der Waals surface area contributed by atoms with E-state index in [2.05, 4.69) is 13.0 Å². The van der Waals surface area contributed by atoms with E-state index in [-0.39, 0.29) is 0 Å². The molecule has 4 rings (SSSR count). The number of aldehydes is 1. The maximum Gasteiger partial charge on any atom is 0.167 e. The van der Waals surface area contributed by atoms with Gasteiger partial charge in [0.25, 0.3) is 0 Å². The smallest absolute Gasteiger partial charge is 0.167 e. The van der Waals surface area contributed by atoms with E-state index in [1.807, 2.05) is 72.1 Å². The third kappa shape index (κ3) is 3.79. The number of ether oxygens (including phenoxy) is 1. The fraction of sp³-hybridized carbons (Fsp3) is 0.160. The van der Waals surface area contributed by atoms with E-state index >= 15 is 0 Å². The van der Waals surface area contributed by atoms with Crippen LogP contribution in [0.5, 0.6) is 5.75 Å². The SMILES string of the molecule is CCc1ccc2cc(-c3cc(Cl)c(C)cc3OCc3ccccc3)c(C=O)n2c1. The zero-order valence-electron chi connectivity index (χ0n) is 16.5. The number of pyridine rings is 1. The van der Waals surface area contributed by atoms with Crippen LogP contribution in [0, 0.1) is 6.92 Å². The van der Waals surface area contributed by atoms with Gasteiger partial charge in [-0.2, -0.15) is 0 Å². The van der Waals surface area contributed by atoms with Gasteiger partial charge >= 0.3 is 0 Å². The van der Waals surface area contributed by atoms with Gasteiger partial charge in [-0.05, 0) is 54.3 Å². The van der Waals surface area contributed by atoms with E-state index < -0.39 is 0 Å². The second-order valence-corrected chi connectivity index (χ2v) is 7.53. The van der Waals surface area contributed by atoms with Gasteiger partial charge < -0.3 is 9.14 Å². The van der Waals surface area contributed by atoms with Gasteiger partial charge in [0.15, 0.2) is 6.29 Å². The van der Waals surface area contributed by atoms with Crippen LogP contribution in [0.4, 0.5) is 0 Å². The molecule has 4 aromatic rings. The molecule has 2 aromatic carbocycles. The first-order valence-corrected chi connectivity index (χ1v) is 10.0. The van der Waals surface area contributed by atoms with Crippen molar-refractivity contribution in [2.75, 3.05) is 0 Å². The topological polar surface area (TPSA) is 30.7 Å². The summed E-state index contributed by atoms with van der Waals surface area (Å²) in [6.45, 7) is 4.49. The normalized spacial score (nSPS) is 11.0. The maximum absolute atomic E-state index is 12.0. The molecule has 0 saturated heterocycles. The van der Waals surface area contributed by atoms with Crippen molar-refractivity contribution in [1.29, 1.82) is 0 Å². The molecule has 0 amide bonds. The van der Waals surface area contributed by atoms with Gasteiger partial charge in [0.05, 0.1) is 5.69 Å². The zero-order chi connectivity index (χ0) is 20.4. The Morgan fingerprint density at radius 2 is 1.79 bits per heavy atom. The van der Waals surface area contributed by atoms with Crippen molar-refractivity contribution in [1.82, 2.24) is 4.40 Å². The van der Waals surface area contributed by atoms with Crippen LogP contribution in [0.2, 0.25) is 5.02 Å². The number of aromatic nitrogens is 1. The predicted molar refractivity (Wildman–Crippen MR) is 118 cm³/mol. The number of carbonyl (C=O) groups excluding carboxylic acids is 1. The highest BCUT2D eigenvalue weighted by Crippen LogP contribution is 2.38. The van der Waals surface area contributed by atoms with Crippen molar-refractivity contribution in [2.45, 2.75) is 26.9 Å². The molecule has 4 heteroatoms. The van der Waals surface area contributed by atoms with Crippen molar-refractivity contribution in [2.24, 2.45) is 0 Å². The number of benzene rings is 2. The Balaban J connectivity index is 1.83. The van der Waals surface area contributed by atoms with Crippen molar-refractivity contribution in [3.8, 4) is 16.9 Å². The molecular formula is C25H22ClNO2. The predicted octanol–water partition coefficient (Wildman–Crippen LogP) is 6.52. The molecule has 0 unspecified atom stereocenters. The Labute approximate surface area is 175 Å². The Hall–Kier alpha value is -3.04. The molecule has 2 heterocycles. The molecule has 2 aromatic heterocycles. The van der Waals surface area contributed by atoms with Crippen molar-refractivity contribution >= 4 is 23.4 Å². The number of nitrogens with zero attached hydrogens (tertiary/aromatic N) is 1. The first kappa shape index (κ1) is 19.3. The highest BCUT2D eigenvalue weighted by Gasteiger charge is 2.17. The third-order valence-electron chi connectivity index (χ3n) is 5.18. The van der Waals surface area contributed by atoms with Crippen LogP contribution in [0.3, 0.4) is 0 Å². The second kappa shape index (κ2) is 8.14. The minimum atomic E-state index is 0.443. The second-order valence-electron chi connectivity index (χ2n) is 7.12. The molecule has 0 fully saturated rings. The molecule has 0 spiro atoms. The number of aryl methyl sites for hydroxylation is 2. The van der Waals surface area contributed by atoms with Crippen molar-refractivity contribution < 1.29 is 9.53 Å².